The highest BCUT2D eigenvalue weighted by molar-refractivity contribution is 4.82. The van der Waals surface area contributed by atoms with E-state index in [4.69, 9.17) is 0 Å². The van der Waals surface area contributed by atoms with Gasteiger partial charge in [-0.3, -0.25) is 0 Å². The normalized spacial score (nSPS) is 31.4. The highest BCUT2D eigenvalue weighted by Crippen LogP contribution is 2.21. The van der Waals surface area contributed by atoms with E-state index in [-0.39, 0.29) is 0 Å². The summed E-state index contributed by atoms with van der Waals surface area (Å²) in [5, 5.41) is 3.85. The quantitative estimate of drug-likeness (QED) is 0.807. The van der Waals surface area contributed by atoms with Crippen molar-refractivity contribution in [2.45, 2.75) is 52.0 Å². The molecule has 3 atom stereocenters. The standard InChI is InChI=1S/C17H35N3/c1-4-9-20-11-6-8-17(14-20)15(2)18-12-16-7-5-10-19(3)13-16/h15-18H,4-14H2,1-3H3. The molecule has 2 saturated heterocycles. The molecule has 0 aromatic heterocycles. The zero-order chi connectivity index (χ0) is 14.4. The van der Waals surface area contributed by atoms with Gasteiger partial charge in [0.25, 0.3) is 0 Å². The molecule has 2 rings (SSSR count). The van der Waals surface area contributed by atoms with Gasteiger partial charge in [0.2, 0.25) is 0 Å². The van der Waals surface area contributed by atoms with Crippen molar-refractivity contribution in [1.29, 1.82) is 0 Å². The highest BCUT2D eigenvalue weighted by atomic mass is 15.1. The lowest BCUT2D eigenvalue weighted by atomic mass is 9.90. The first-order valence-corrected chi connectivity index (χ1v) is 8.83. The number of rotatable bonds is 6. The van der Waals surface area contributed by atoms with Crippen molar-refractivity contribution < 1.29 is 0 Å². The minimum Gasteiger partial charge on any atom is -0.314 e. The van der Waals surface area contributed by atoms with Gasteiger partial charge in [-0.15, -0.1) is 0 Å². The molecule has 0 aromatic carbocycles. The van der Waals surface area contributed by atoms with Crippen LogP contribution in [-0.4, -0.2) is 62.2 Å². The number of hydrogen-bond acceptors (Lipinski definition) is 3. The third-order valence-corrected chi connectivity index (χ3v) is 5.24. The monoisotopic (exact) mass is 281 g/mol. The van der Waals surface area contributed by atoms with Crippen molar-refractivity contribution in [3.8, 4) is 0 Å². The van der Waals surface area contributed by atoms with Gasteiger partial charge < -0.3 is 15.1 Å². The predicted molar refractivity (Wildman–Crippen MR) is 87.1 cm³/mol. The second kappa shape index (κ2) is 8.35. The summed E-state index contributed by atoms with van der Waals surface area (Å²) in [4.78, 5) is 5.16. The van der Waals surface area contributed by atoms with Crippen LogP contribution in [-0.2, 0) is 0 Å². The summed E-state index contributed by atoms with van der Waals surface area (Å²) in [6, 6.07) is 0.682. The van der Waals surface area contributed by atoms with Gasteiger partial charge >= 0.3 is 0 Å². The second-order valence-electron chi connectivity index (χ2n) is 7.17. The maximum absolute atomic E-state index is 3.85. The third-order valence-electron chi connectivity index (χ3n) is 5.24. The van der Waals surface area contributed by atoms with Crippen LogP contribution < -0.4 is 5.32 Å². The van der Waals surface area contributed by atoms with Crippen molar-refractivity contribution in [3.63, 3.8) is 0 Å². The van der Waals surface area contributed by atoms with Crippen molar-refractivity contribution in [3.05, 3.63) is 0 Å². The Hall–Kier alpha value is -0.120. The van der Waals surface area contributed by atoms with Gasteiger partial charge in [-0.25, -0.2) is 0 Å². The Balaban J connectivity index is 1.69. The summed E-state index contributed by atoms with van der Waals surface area (Å²) >= 11 is 0. The average molecular weight is 281 g/mol. The van der Waals surface area contributed by atoms with Crippen LogP contribution in [0.4, 0.5) is 0 Å². The maximum Gasteiger partial charge on any atom is 0.00793 e. The van der Waals surface area contributed by atoms with Crippen LogP contribution in [0.3, 0.4) is 0 Å². The molecule has 2 aliphatic rings. The van der Waals surface area contributed by atoms with Gasteiger partial charge in [-0.2, -0.15) is 0 Å². The summed E-state index contributed by atoms with van der Waals surface area (Å²) in [5.74, 6) is 1.73. The molecular formula is C17H35N3. The topological polar surface area (TPSA) is 18.5 Å². The van der Waals surface area contributed by atoms with E-state index >= 15 is 0 Å². The lowest BCUT2D eigenvalue weighted by Gasteiger charge is -2.37. The van der Waals surface area contributed by atoms with Crippen LogP contribution >= 0.6 is 0 Å². The molecule has 0 amide bonds. The van der Waals surface area contributed by atoms with Gasteiger partial charge in [0.05, 0.1) is 0 Å². The molecule has 0 bridgehead atoms. The third kappa shape index (κ3) is 5.01. The molecule has 3 unspecified atom stereocenters. The van der Waals surface area contributed by atoms with Crippen LogP contribution in [0.2, 0.25) is 0 Å². The fourth-order valence-electron chi connectivity index (χ4n) is 3.98. The number of nitrogens with one attached hydrogen (secondary N) is 1. The summed E-state index contributed by atoms with van der Waals surface area (Å²) < 4.78 is 0. The number of piperidine rings is 2. The van der Waals surface area contributed by atoms with E-state index in [1.165, 1.54) is 71.4 Å². The zero-order valence-electron chi connectivity index (χ0n) is 13.9. The first-order valence-electron chi connectivity index (χ1n) is 8.83. The molecule has 3 nitrogen and oxygen atoms in total. The molecule has 2 aliphatic heterocycles. The minimum atomic E-state index is 0.682. The van der Waals surface area contributed by atoms with Crippen molar-refractivity contribution in [2.75, 3.05) is 46.3 Å². The van der Waals surface area contributed by atoms with Crippen molar-refractivity contribution in [2.24, 2.45) is 11.8 Å². The molecule has 2 fully saturated rings. The summed E-state index contributed by atoms with van der Waals surface area (Å²) in [6.45, 7) is 12.4. The fraction of sp³-hybridized carbons (Fsp3) is 1.00. The van der Waals surface area contributed by atoms with E-state index in [2.05, 4.69) is 36.0 Å². The van der Waals surface area contributed by atoms with Crippen LogP contribution in [0.1, 0.15) is 46.0 Å². The Kier molecular flexibility index (Phi) is 6.79. The Bertz CT molecular complexity index is 267. The SMILES string of the molecule is CCCN1CCCC(C(C)NCC2CCCN(C)C2)C1. The Morgan fingerprint density at radius 2 is 1.95 bits per heavy atom. The average Bonchev–Trinajstić information content (AvgIpc) is 2.45. The van der Waals surface area contributed by atoms with E-state index in [0.717, 1.165) is 11.8 Å². The van der Waals surface area contributed by atoms with Crippen LogP contribution in [0, 0.1) is 11.8 Å². The molecule has 20 heavy (non-hydrogen) atoms. The van der Waals surface area contributed by atoms with E-state index in [9.17, 15) is 0 Å². The molecule has 1 N–H and O–H groups in total. The zero-order valence-corrected chi connectivity index (χ0v) is 13.9. The summed E-state index contributed by atoms with van der Waals surface area (Å²) in [5.41, 5.74) is 0. The molecule has 3 heteroatoms. The number of nitrogens with zero attached hydrogens (tertiary/aromatic N) is 2. The largest absolute Gasteiger partial charge is 0.314 e. The number of hydrogen-bond donors (Lipinski definition) is 1. The molecule has 0 radical (unpaired) electrons. The van der Waals surface area contributed by atoms with Gasteiger partial charge in [-0.05, 0) is 84.1 Å². The first-order chi connectivity index (χ1) is 9.69. The molecule has 0 aliphatic carbocycles. The molecule has 0 spiro atoms. The summed E-state index contributed by atoms with van der Waals surface area (Å²) in [6.07, 6.45) is 6.90. The van der Waals surface area contributed by atoms with E-state index in [0.29, 0.717) is 6.04 Å². The summed E-state index contributed by atoms with van der Waals surface area (Å²) in [7, 11) is 2.26. The molecule has 0 aromatic rings. The van der Waals surface area contributed by atoms with Gasteiger partial charge in [0, 0.05) is 19.1 Å². The van der Waals surface area contributed by atoms with Crippen LogP contribution in [0.25, 0.3) is 0 Å². The minimum absolute atomic E-state index is 0.682. The van der Waals surface area contributed by atoms with Crippen molar-refractivity contribution in [1.82, 2.24) is 15.1 Å². The Labute approximate surface area is 126 Å². The molecular weight excluding hydrogens is 246 g/mol. The smallest absolute Gasteiger partial charge is 0.00793 e. The van der Waals surface area contributed by atoms with E-state index < -0.39 is 0 Å². The Morgan fingerprint density at radius 1 is 1.15 bits per heavy atom. The van der Waals surface area contributed by atoms with Gasteiger partial charge in [-0.1, -0.05) is 6.92 Å². The molecule has 0 saturated carbocycles. The highest BCUT2D eigenvalue weighted by Gasteiger charge is 2.25. The fourth-order valence-corrected chi connectivity index (χ4v) is 3.98. The van der Waals surface area contributed by atoms with Gasteiger partial charge in [0.15, 0.2) is 0 Å². The van der Waals surface area contributed by atoms with Crippen LogP contribution in [0.15, 0.2) is 0 Å². The van der Waals surface area contributed by atoms with Crippen LogP contribution in [0.5, 0.6) is 0 Å². The molecule has 2 heterocycles. The number of likely N-dealkylation sites (tertiary alicyclic amines) is 2. The molecule has 118 valence electrons. The van der Waals surface area contributed by atoms with Gasteiger partial charge in [0.1, 0.15) is 0 Å². The van der Waals surface area contributed by atoms with E-state index in [1.807, 2.05) is 0 Å². The second-order valence-corrected chi connectivity index (χ2v) is 7.17. The predicted octanol–water partition coefficient (Wildman–Crippen LogP) is 2.43. The maximum atomic E-state index is 3.85. The van der Waals surface area contributed by atoms with E-state index in [1.54, 1.807) is 0 Å². The Morgan fingerprint density at radius 3 is 2.70 bits per heavy atom. The lowest BCUT2D eigenvalue weighted by Crippen LogP contribution is -2.47. The lowest BCUT2D eigenvalue weighted by molar-refractivity contribution is 0.143. The van der Waals surface area contributed by atoms with Crippen molar-refractivity contribution >= 4 is 0 Å². The first kappa shape index (κ1) is 16.3.